The summed E-state index contributed by atoms with van der Waals surface area (Å²) in [5, 5.41) is 14.2. The van der Waals surface area contributed by atoms with E-state index >= 15 is 0 Å². The number of quaternary nitrogens is 1. The number of hydrogen-bond acceptors (Lipinski definition) is 6. The molecule has 4 atom stereocenters. The number of allylic oxidation sites excluding steroid dienone is 2. The van der Waals surface area contributed by atoms with E-state index in [1.165, 1.54) is 5.57 Å². The molecule has 0 saturated carbocycles. The van der Waals surface area contributed by atoms with E-state index in [1.54, 1.807) is 6.07 Å². The molecule has 2 aromatic carbocycles. The minimum Gasteiger partial charge on any atom is -0.506 e. The number of phenolic OH excluding ortho intramolecular Hbond substituents is 1. The molecule has 1 aliphatic carbocycles. The number of ketones is 1. The Kier molecular flexibility index (Phi) is 4.49. The van der Waals surface area contributed by atoms with Crippen molar-refractivity contribution in [3.63, 3.8) is 0 Å². The van der Waals surface area contributed by atoms with Crippen molar-refractivity contribution in [2.45, 2.75) is 31.2 Å². The van der Waals surface area contributed by atoms with Crippen molar-refractivity contribution in [2.75, 3.05) is 38.2 Å². The van der Waals surface area contributed by atoms with Crippen LogP contribution >= 0.6 is 0 Å². The van der Waals surface area contributed by atoms with Crippen LogP contribution in [0.1, 0.15) is 35.7 Å². The number of benzene rings is 2. The maximum absolute atomic E-state index is 13.8. The van der Waals surface area contributed by atoms with Gasteiger partial charge >= 0.3 is 0 Å². The Balaban J connectivity index is 1.34. The van der Waals surface area contributed by atoms with Gasteiger partial charge in [-0.25, -0.2) is 0 Å². The molecule has 7 rings (SSSR count). The zero-order valence-corrected chi connectivity index (χ0v) is 20.3. The molecule has 184 valence electrons. The van der Waals surface area contributed by atoms with Gasteiger partial charge in [-0.15, -0.1) is 0 Å². The van der Waals surface area contributed by atoms with Crippen LogP contribution in [0.5, 0.6) is 17.2 Å². The van der Waals surface area contributed by atoms with Gasteiger partial charge < -0.3 is 24.4 Å². The number of piperidine rings is 1. The van der Waals surface area contributed by atoms with E-state index < -0.39 is 5.41 Å². The molecule has 2 fully saturated rings. The standard InChI is InChI=1S/C29H28N2O5/c1-2-17-14-31(15-23(34)18-6-7-24-25(12-18)36-11-10-35-24)9-8-29-21-4-3-5-22(33)27(21)30-28(29)20(16-32)19(17)13-26(29)31/h2-7,12,16,19,26H,8-11,13-15H2,1H3,(H-,30,32,33)/p+1/b17-2-/t19-,26?,29+,31?/m0/s1. The summed E-state index contributed by atoms with van der Waals surface area (Å²) in [5.74, 6) is 1.64. The number of para-hydroxylation sites is 1. The zero-order chi connectivity index (χ0) is 24.7. The Hall–Kier alpha value is -3.58. The molecule has 4 aliphatic heterocycles. The summed E-state index contributed by atoms with van der Waals surface area (Å²) in [4.78, 5) is 26.3. The van der Waals surface area contributed by atoms with Gasteiger partial charge in [0.05, 0.1) is 17.6 Å². The number of carbonyl (C=O) groups excluding carboxylic acids is 2. The largest absolute Gasteiger partial charge is 0.506 e. The predicted molar refractivity (Wildman–Crippen MR) is 133 cm³/mol. The smallest absolute Gasteiger partial charge is 0.217 e. The van der Waals surface area contributed by atoms with Crippen molar-refractivity contribution in [2.24, 2.45) is 5.92 Å². The van der Waals surface area contributed by atoms with Gasteiger partial charge in [0.2, 0.25) is 5.78 Å². The molecule has 5 aliphatic rings. The molecule has 2 bridgehead atoms. The van der Waals surface area contributed by atoms with Crippen LogP contribution in [0.4, 0.5) is 5.69 Å². The van der Waals surface area contributed by atoms with E-state index in [-0.39, 0.29) is 23.5 Å². The first kappa shape index (κ1) is 21.7. The summed E-state index contributed by atoms with van der Waals surface area (Å²) in [7, 11) is 0. The molecule has 2 N–H and O–H groups in total. The molecular weight excluding hydrogens is 456 g/mol. The van der Waals surface area contributed by atoms with E-state index in [0.29, 0.717) is 47.0 Å². The first-order valence-corrected chi connectivity index (χ1v) is 12.7. The molecule has 1 spiro atoms. The van der Waals surface area contributed by atoms with Gasteiger partial charge in [-0.2, -0.15) is 0 Å². The Labute approximate surface area is 209 Å². The highest BCUT2D eigenvalue weighted by Crippen LogP contribution is 2.64. The Morgan fingerprint density at radius 3 is 2.86 bits per heavy atom. The van der Waals surface area contributed by atoms with Gasteiger partial charge in [0.25, 0.3) is 0 Å². The number of ether oxygens (including phenoxy) is 2. The zero-order valence-electron chi connectivity index (χ0n) is 20.3. The summed E-state index contributed by atoms with van der Waals surface area (Å²) in [6, 6.07) is 11.3. The summed E-state index contributed by atoms with van der Waals surface area (Å²) < 4.78 is 12.0. The summed E-state index contributed by atoms with van der Waals surface area (Å²) >= 11 is 0. The van der Waals surface area contributed by atoms with Crippen molar-refractivity contribution < 1.29 is 28.7 Å². The van der Waals surface area contributed by atoms with Crippen LogP contribution in [-0.2, 0) is 10.2 Å². The van der Waals surface area contributed by atoms with E-state index in [4.69, 9.17) is 9.47 Å². The van der Waals surface area contributed by atoms with Gasteiger partial charge in [-0.1, -0.05) is 18.2 Å². The third kappa shape index (κ3) is 2.66. The van der Waals surface area contributed by atoms with Crippen molar-refractivity contribution in [3.05, 3.63) is 70.4 Å². The maximum Gasteiger partial charge on any atom is 0.217 e. The highest BCUT2D eigenvalue weighted by Gasteiger charge is 2.69. The lowest BCUT2D eigenvalue weighted by Crippen LogP contribution is -2.64. The second kappa shape index (κ2) is 7.46. The van der Waals surface area contributed by atoms with Gasteiger partial charge in [0, 0.05) is 35.6 Å². The summed E-state index contributed by atoms with van der Waals surface area (Å²) in [6.45, 7) is 4.99. The maximum atomic E-state index is 13.8. The number of hydrogen-bond donors (Lipinski definition) is 2. The Morgan fingerprint density at radius 2 is 2.06 bits per heavy atom. The molecule has 7 nitrogen and oxygen atoms in total. The number of aromatic hydroxyl groups is 1. The third-order valence-corrected chi connectivity index (χ3v) is 9.29. The minimum absolute atomic E-state index is 0.0401. The Morgan fingerprint density at radius 1 is 1.22 bits per heavy atom. The second-order valence-corrected chi connectivity index (χ2v) is 10.7. The first-order valence-electron chi connectivity index (χ1n) is 12.7. The fraction of sp³-hybridized carbons (Fsp3) is 0.379. The molecule has 7 heteroatoms. The lowest BCUT2D eigenvalue weighted by Gasteiger charge is -2.53. The molecule has 2 aromatic rings. The van der Waals surface area contributed by atoms with Crippen LogP contribution in [0.25, 0.3) is 0 Å². The number of carbonyl (C=O) groups is 2. The molecule has 0 aromatic heterocycles. The number of anilines is 1. The van der Waals surface area contributed by atoms with Gasteiger partial charge in [-0.3, -0.25) is 9.59 Å². The third-order valence-electron chi connectivity index (χ3n) is 9.29. The topological polar surface area (TPSA) is 84.9 Å². The monoisotopic (exact) mass is 485 g/mol. The number of fused-ring (bicyclic) bond motifs is 3. The van der Waals surface area contributed by atoms with Gasteiger partial charge in [-0.05, 0) is 42.3 Å². The second-order valence-electron chi connectivity index (χ2n) is 10.7. The molecule has 4 heterocycles. The minimum atomic E-state index is -0.396. The highest BCUT2D eigenvalue weighted by molar-refractivity contribution is 5.98. The number of nitrogens with one attached hydrogen (secondary N) is 1. The highest BCUT2D eigenvalue weighted by atomic mass is 16.6. The van der Waals surface area contributed by atoms with Crippen LogP contribution in [0.15, 0.2) is 59.3 Å². The van der Waals surface area contributed by atoms with Crippen molar-refractivity contribution in [1.29, 1.82) is 0 Å². The van der Waals surface area contributed by atoms with Crippen LogP contribution in [0.2, 0.25) is 0 Å². The number of nitrogens with zero attached hydrogens (tertiary/aromatic N) is 1. The average molecular weight is 486 g/mol. The summed E-state index contributed by atoms with van der Waals surface area (Å²) in [6.07, 6.45) is 4.79. The van der Waals surface area contributed by atoms with E-state index in [1.807, 2.05) is 31.2 Å². The van der Waals surface area contributed by atoms with Crippen LogP contribution in [0.3, 0.4) is 0 Å². The fourth-order valence-corrected chi connectivity index (χ4v) is 7.78. The van der Waals surface area contributed by atoms with E-state index in [0.717, 1.165) is 49.1 Å². The van der Waals surface area contributed by atoms with Gasteiger partial charge in [0.1, 0.15) is 44.4 Å². The van der Waals surface area contributed by atoms with Crippen LogP contribution in [-0.4, -0.2) is 60.5 Å². The lowest BCUT2D eigenvalue weighted by molar-refractivity contribution is -0.934. The fourth-order valence-electron chi connectivity index (χ4n) is 7.78. The number of Topliss-reactive ketones (excluding diaryl/α,β-unsaturated/α-hetero) is 1. The molecule has 0 radical (unpaired) electrons. The van der Waals surface area contributed by atoms with E-state index in [2.05, 4.69) is 17.5 Å². The average Bonchev–Trinajstić information content (AvgIpc) is 3.43. The number of phenols is 1. The van der Waals surface area contributed by atoms with Gasteiger partial charge in [0.15, 0.2) is 11.5 Å². The molecule has 2 saturated heterocycles. The van der Waals surface area contributed by atoms with Crippen molar-refractivity contribution >= 4 is 17.8 Å². The van der Waals surface area contributed by atoms with E-state index in [9.17, 15) is 14.7 Å². The van der Waals surface area contributed by atoms with Crippen molar-refractivity contribution in [3.8, 4) is 17.2 Å². The molecule has 36 heavy (non-hydrogen) atoms. The normalized spacial score (nSPS) is 32.1. The molecule has 0 amide bonds. The van der Waals surface area contributed by atoms with Crippen LogP contribution in [0, 0.1) is 5.92 Å². The summed E-state index contributed by atoms with van der Waals surface area (Å²) in [5.41, 5.74) is 4.95. The Bertz CT molecular complexity index is 1390. The van der Waals surface area contributed by atoms with Crippen molar-refractivity contribution in [1.82, 2.24) is 0 Å². The predicted octanol–water partition coefficient (Wildman–Crippen LogP) is 3.73. The number of aldehydes is 1. The quantitative estimate of drug-likeness (QED) is 0.226. The molecule has 2 unspecified atom stereocenters. The molecular formula is C29H29N2O5+. The first-order chi connectivity index (χ1) is 17.5. The lowest BCUT2D eigenvalue weighted by atomic mass is 9.61. The SMILES string of the molecule is C/C=C1/C[N+]2(CC(=O)c3ccc4c(c3)OCCO4)CC[C@]34C(=C(C=O)[C@H]1CC32)Nc1c(O)cccc14. The van der Waals surface area contributed by atoms with Crippen LogP contribution < -0.4 is 14.8 Å². The number of rotatable bonds is 4.